The van der Waals surface area contributed by atoms with E-state index in [9.17, 15) is 4.79 Å². The number of hydrogen-bond acceptors (Lipinski definition) is 4. The number of aliphatic carboxylic acids is 1. The lowest BCUT2D eigenvalue weighted by molar-refractivity contribution is -0.138. The molecule has 20 heavy (non-hydrogen) atoms. The Hall–Kier alpha value is -1.46. The van der Waals surface area contributed by atoms with Gasteiger partial charge in [-0.25, -0.2) is 4.68 Å². The van der Waals surface area contributed by atoms with Crippen LogP contribution in [0.1, 0.15) is 64.6 Å². The van der Waals surface area contributed by atoms with Gasteiger partial charge in [-0.2, -0.15) is 0 Å². The van der Waals surface area contributed by atoms with Gasteiger partial charge in [0.05, 0.1) is 0 Å². The molecule has 0 radical (unpaired) electrons. The summed E-state index contributed by atoms with van der Waals surface area (Å²) in [6, 6.07) is 0. The highest BCUT2D eigenvalue weighted by Gasteiger charge is 2.15. The molecular weight excluding hydrogens is 256 g/mol. The van der Waals surface area contributed by atoms with Gasteiger partial charge in [-0.05, 0) is 22.8 Å². The number of carbonyl (C=O) groups is 1. The number of nitrogens with zero attached hydrogens (tertiary/aromatic N) is 4. The van der Waals surface area contributed by atoms with Gasteiger partial charge in [0.25, 0.3) is 0 Å². The van der Waals surface area contributed by atoms with Crippen LogP contribution >= 0.6 is 0 Å². The molecule has 0 aliphatic rings. The van der Waals surface area contributed by atoms with Crippen LogP contribution < -0.4 is 0 Å². The topological polar surface area (TPSA) is 80.9 Å². The molecule has 1 atom stereocenters. The predicted molar refractivity (Wildman–Crippen MR) is 76.3 cm³/mol. The van der Waals surface area contributed by atoms with Gasteiger partial charge in [0, 0.05) is 19.4 Å². The first-order valence-corrected chi connectivity index (χ1v) is 7.64. The number of hydrogen-bond donors (Lipinski definition) is 1. The average Bonchev–Trinajstić information content (AvgIpc) is 2.84. The van der Waals surface area contributed by atoms with E-state index in [0.29, 0.717) is 6.54 Å². The van der Waals surface area contributed by atoms with Crippen LogP contribution in [0.2, 0.25) is 0 Å². The Morgan fingerprint density at radius 3 is 2.65 bits per heavy atom. The van der Waals surface area contributed by atoms with E-state index in [1.807, 2.05) is 6.92 Å². The maximum Gasteiger partial charge on any atom is 0.303 e. The van der Waals surface area contributed by atoms with Crippen molar-refractivity contribution in [3.8, 4) is 0 Å². The molecule has 114 valence electrons. The van der Waals surface area contributed by atoms with Crippen LogP contribution in [0.4, 0.5) is 0 Å². The lowest BCUT2D eigenvalue weighted by atomic mass is 10.0. The van der Waals surface area contributed by atoms with Crippen molar-refractivity contribution in [1.29, 1.82) is 0 Å². The fourth-order valence-corrected chi connectivity index (χ4v) is 2.26. The van der Waals surface area contributed by atoms with E-state index in [0.717, 1.165) is 25.1 Å². The van der Waals surface area contributed by atoms with Gasteiger partial charge >= 0.3 is 5.97 Å². The van der Waals surface area contributed by atoms with E-state index < -0.39 is 5.97 Å². The molecule has 6 heteroatoms. The minimum atomic E-state index is -0.758. The molecule has 0 bridgehead atoms. The average molecular weight is 282 g/mol. The fourth-order valence-electron chi connectivity index (χ4n) is 2.26. The van der Waals surface area contributed by atoms with Gasteiger partial charge in [-0.1, -0.05) is 46.0 Å². The van der Waals surface area contributed by atoms with Crippen molar-refractivity contribution in [1.82, 2.24) is 20.2 Å². The lowest BCUT2D eigenvalue weighted by Crippen LogP contribution is -2.17. The van der Waals surface area contributed by atoms with E-state index >= 15 is 0 Å². The number of carboxylic acids is 1. The maximum absolute atomic E-state index is 10.8. The van der Waals surface area contributed by atoms with Gasteiger partial charge in [-0.15, -0.1) is 5.10 Å². The summed E-state index contributed by atoms with van der Waals surface area (Å²) >= 11 is 0. The largest absolute Gasteiger partial charge is 0.481 e. The van der Waals surface area contributed by atoms with E-state index in [-0.39, 0.29) is 12.3 Å². The molecule has 1 rings (SSSR count). The van der Waals surface area contributed by atoms with Crippen LogP contribution in [-0.2, 0) is 17.8 Å². The zero-order valence-electron chi connectivity index (χ0n) is 12.6. The molecule has 6 nitrogen and oxygen atoms in total. The highest BCUT2D eigenvalue weighted by molar-refractivity contribution is 5.66. The van der Waals surface area contributed by atoms with Gasteiger partial charge in [0.2, 0.25) is 0 Å². The highest BCUT2D eigenvalue weighted by atomic mass is 16.4. The number of unbranched alkanes of at least 4 members (excludes halogenated alkanes) is 4. The smallest absolute Gasteiger partial charge is 0.303 e. The van der Waals surface area contributed by atoms with Crippen molar-refractivity contribution in [3.05, 3.63) is 5.82 Å². The number of aryl methyl sites for hydroxylation is 1. The van der Waals surface area contributed by atoms with E-state index in [4.69, 9.17) is 5.11 Å². The lowest BCUT2D eigenvalue weighted by Gasteiger charge is -2.13. The Labute approximate surface area is 120 Å². The Morgan fingerprint density at radius 2 is 2.00 bits per heavy atom. The summed E-state index contributed by atoms with van der Waals surface area (Å²) in [5.74, 6) is 0.214. The monoisotopic (exact) mass is 282 g/mol. The third kappa shape index (κ3) is 6.12. The van der Waals surface area contributed by atoms with Crippen LogP contribution in [0.15, 0.2) is 0 Å². The summed E-state index contributed by atoms with van der Waals surface area (Å²) in [6.07, 6.45) is 7.94. The van der Waals surface area contributed by atoms with Crippen molar-refractivity contribution in [2.45, 2.75) is 71.8 Å². The van der Waals surface area contributed by atoms with Crippen molar-refractivity contribution < 1.29 is 9.90 Å². The fraction of sp³-hybridized carbons (Fsp3) is 0.857. The normalized spacial score (nSPS) is 12.5. The van der Waals surface area contributed by atoms with Gasteiger partial charge in [-0.3, -0.25) is 4.79 Å². The Kier molecular flexibility index (Phi) is 7.84. The third-order valence-electron chi connectivity index (χ3n) is 3.58. The maximum atomic E-state index is 10.8. The van der Waals surface area contributed by atoms with Crippen molar-refractivity contribution in [2.75, 3.05) is 0 Å². The minimum absolute atomic E-state index is 0.0924. The van der Waals surface area contributed by atoms with Gasteiger partial charge in [0.15, 0.2) is 5.82 Å². The van der Waals surface area contributed by atoms with E-state index in [1.54, 1.807) is 4.68 Å². The van der Waals surface area contributed by atoms with E-state index in [2.05, 4.69) is 22.4 Å². The van der Waals surface area contributed by atoms with Crippen LogP contribution in [0.25, 0.3) is 0 Å². The first-order chi connectivity index (χ1) is 9.67. The molecule has 0 aliphatic carbocycles. The summed E-state index contributed by atoms with van der Waals surface area (Å²) in [7, 11) is 0. The second-order valence-electron chi connectivity index (χ2n) is 5.31. The molecule has 0 aromatic carbocycles. The first-order valence-electron chi connectivity index (χ1n) is 7.64. The molecule has 0 saturated heterocycles. The Balaban J connectivity index is 2.42. The molecule has 0 fully saturated rings. The number of aromatic nitrogens is 4. The van der Waals surface area contributed by atoms with Crippen LogP contribution in [-0.4, -0.2) is 31.3 Å². The van der Waals surface area contributed by atoms with Gasteiger partial charge in [0.1, 0.15) is 0 Å². The summed E-state index contributed by atoms with van der Waals surface area (Å²) in [5, 5.41) is 20.6. The van der Waals surface area contributed by atoms with Crippen LogP contribution in [0.3, 0.4) is 0 Å². The molecule has 0 amide bonds. The molecule has 1 aromatic heterocycles. The molecule has 1 unspecified atom stereocenters. The van der Waals surface area contributed by atoms with Crippen LogP contribution in [0.5, 0.6) is 0 Å². The molecule has 0 spiro atoms. The summed E-state index contributed by atoms with van der Waals surface area (Å²) in [4.78, 5) is 10.8. The highest BCUT2D eigenvalue weighted by Crippen LogP contribution is 2.13. The molecular formula is C14H26N4O2. The number of carboxylic acid groups (broad SMARTS) is 1. The molecule has 1 N–H and O–H groups in total. The molecule has 0 aliphatic heterocycles. The van der Waals surface area contributed by atoms with E-state index in [1.165, 1.54) is 25.7 Å². The first kappa shape index (κ1) is 16.6. The van der Waals surface area contributed by atoms with Crippen molar-refractivity contribution in [3.63, 3.8) is 0 Å². The second kappa shape index (κ2) is 9.44. The minimum Gasteiger partial charge on any atom is -0.481 e. The van der Waals surface area contributed by atoms with Crippen LogP contribution in [0, 0.1) is 5.92 Å². The second-order valence-corrected chi connectivity index (χ2v) is 5.31. The molecule has 1 heterocycles. The number of tetrazole rings is 1. The zero-order valence-corrected chi connectivity index (χ0v) is 12.6. The Morgan fingerprint density at radius 1 is 1.25 bits per heavy atom. The summed E-state index contributed by atoms with van der Waals surface area (Å²) < 4.78 is 1.77. The summed E-state index contributed by atoms with van der Waals surface area (Å²) in [6.45, 7) is 4.80. The predicted octanol–water partition coefficient (Wildman–Crippen LogP) is 2.69. The summed E-state index contributed by atoms with van der Waals surface area (Å²) in [5.41, 5.74) is 0. The zero-order chi connectivity index (χ0) is 14.8. The SMILES string of the molecule is CCCCCCCc1nnnn1CC(CC)CC(=O)O. The quantitative estimate of drug-likeness (QED) is 0.631. The standard InChI is InChI=1S/C14H26N4O2/c1-3-5-6-7-8-9-13-15-16-17-18(13)11-12(4-2)10-14(19)20/h12H,3-11H2,1-2H3,(H,19,20). The van der Waals surface area contributed by atoms with Crippen molar-refractivity contribution in [2.24, 2.45) is 5.92 Å². The molecule has 0 saturated carbocycles. The Bertz CT molecular complexity index is 392. The molecule has 1 aromatic rings. The van der Waals surface area contributed by atoms with Crippen molar-refractivity contribution >= 4 is 5.97 Å². The number of rotatable bonds is 11. The van der Waals surface area contributed by atoms with Gasteiger partial charge < -0.3 is 5.11 Å². The third-order valence-corrected chi connectivity index (χ3v) is 3.58.